The first kappa shape index (κ1) is 20.7. The number of hydrazine groups is 1. The Hall–Kier alpha value is -3.03. The lowest BCUT2D eigenvalue weighted by molar-refractivity contribution is -0.123. The van der Waals surface area contributed by atoms with Gasteiger partial charge in [-0.2, -0.15) is 0 Å². The van der Waals surface area contributed by atoms with Gasteiger partial charge in [-0.3, -0.25) is 20.4 Å². The van der Waals surface area contributed by atoms with Gasteiger partial charge >= 0.3 is 0 Å². The number of benzene rings is 2. The minimum Gasteiger partial charge on any atom is -0.484 e. The highest BCUT2D eigenvalue weighted by Gasteiger charge is 2.14. The topological polar surface area (TPSA) is 80.3 Å². The molecular weight excluding hydrogens is 410 g/mol. The van der Waals surface area contributed by atoms with E-state index in [1.807, 2.05) is 37.3 Å². The van der Waals surface area contributed by atoms with Crippen molar-refractivity contribution >= 4 is 35.2 Å². The van der Waals surface area contributed by atoms with E-state index in [1.165, 1.54) is 11.8 Å². The molecule has 6 nitrogen and oxygen atoms in total. The second-order valence-electron chi connectivity index (χ2n) is 5.97. The Morgan fingerprint density at radius 2 is 1.86 bits per heavy atom. The van der Waals surface area contributed by atoms with Gasteiger partial charge in [-0.05, 0) is 55.0 Å². The van der Waals surface area contributed by atoms with Crippen LogP contribution < -0.4 is 15.6 Å². The number of nitrogens with one attached hydrogen (secondary N) is 2. The Kier molecular flexibility index (Phi) is 7.10. The molecule has 2 amide bonds. The molecule has 3 rings (SSSR count). The van der Waals surface area contributed by atoms with Crippen LogP contribution in [0.1, 0.15) is 15.9 Å². The number of carbonyl (C=O) groups excluding carboxylic acids is 2. The van der Waals surface area contributed by atoms with Gasteiger partial charge in [0.05, 0.1) is 5.56 Å². The molecule has 0 fully saturated rings. The van der Waals surface area contributed by atoms with Gasteiger partial charge in [0.1, 0.15) is 10.8 Å². The van der Waals surface area contributed by atoms with Gasteiger partial charge in [0.25, 0.3) is 11.8 Å². The van der Waals surface area contributed by atoms with Gasteiger partial charge in [0.2, 0.25) is 0 Å². The van der Waals surface area contributed by atoms with Crippen molar-refractivity contribution in [2.24, 2.45) is 0 Å². The second kappa shape index (κ2) is 9.95. The summed E-state index contributed by atoms with van der Waals surface area (Å²) in [6.45, 7) is 1.59. The van der Waals surface area contributed by atoms with Gasteiger partial charge in [0, 0.05) is 16.1 Å². The van der Waals surface area contributed by atoms with Gasteiger partial charge in [0.15, 0.2) is 6.61 Å². The molecule has 29 heavy (non-hydrogen) atoms. The van der Waals surface area contributed by atoms with Crippen LogP contribution in [-0.4, -0.2) is 23.4 Å². The number of hydrogen-bond donors (Lipinski definition) is 2. The van der Waals surface area contributed by atoms with Gasteiger partial charge in [-0.15, -0.1) is 0 Å². The Morgan fingerprint density at radius 1 is 1.07 bits per heavy atom. The summed E-state index contributed by atoms with van der Waals surface area (Å²) >= 11 is 7.33. The van der Waals surface area contributed by atoms with Crippen molar-refractivity contribution in [3.63, 3.8) is 0 Å². The normalized spacial score (nSPS) is 10.3. The molecule has 148 valence electrons. The zero-order valence-electron chi connectivity index (χ0n) is 15.5. The largest absolute Gasteiger partial charge is 0.484 e. The quantitative estimate of drug-likeness (QED) is 0.580. The molecule has 0 saturated heterocycles. The zero-order chi connectivity index (χ0) is 20.6. The lowest BCUT2D eigenvalue weighted by atomic mass is 10.2. The van der Waals surface area contributed by atoms with Gasteiger partial charge in [-0.25, -0.2) is 4.98 Å². The highest BCUT2D eigenvalue weighted by molar-refractivity contribution is 7.99. The van der Waals surface area contributed by atoms with E-state index in [0.717, 1.165) is 10.5 Å². The number of nitrogens with zero attached hydrogens (tertiary/aromatic N) is 1. The summed E-state index contributed by atoms with van der Waals surface area (Å²) in [7, 11) is 0. The van der Waals surface area contributed by atoms with Gasteiger partial charge in [-0.1, -0.05) is 41.6 Å². The number of aromatic nitrogens is 1. The number of aryl methyl sites for hydroxylation is 1. The van der Waals surface area contributed by atoms with Crippen molar-refractivity contribution in [1.29, 1.82) is 0 Å². The first-order chi connectivity index (χ1) is 14.0. The summed E-state index contributed by atoms with van der Waals surface area (Å²) in [5.74, 6) is -0.443. The number of rotatable bonds is 6. The van der Waals surface area contributed by atoms with Crippen LogP contribution in [0.5, 0.6) is 5.75 Å². The minimum atomic E-state index is -0.493. The fraction of sp³-hybridized carbons (Fsp3) is 0.0952. The van der Waals surface area contributed by atoms with Crippen LogP contribution in [0, 0.1) is 6.92 Å². The van der Waals surface area contributed by atoms with Crippen molar-refractivity contribution < 1.29 is 14.3 Å². The molecule has 8 heteroatoms. The van der Waals surface area contributed by atoms with Crippen LogP contribution >= 0.6 is 23.4 Å². The average Bonchev–Trinajstić information content (AvgIpc) is 2.74. The summed E-state index contributed by atoms with van der Waals surface area (Å²) < 4.78 is 5.41. The van der Waals surface area contributed by atoms with E-state index in [-0.39, 0.29) is 6.61 Å². The maximum Gasteiger partial charge on any atom is 0.276 e. The van der Waals surface area contributed by atoms with Crippen molar-refractivity contribution in [1.82, 2.24) is 15.8 Å². The van der Waals surface area contributed by atoms with Crippen LogP contribution in [-0.2, 0) is 4.79 Å². The SMILES string of the molecule is Cc1cc(OCC(=O)NNC(=O)c2cccnc2Sc2ccccc2)ccc1Cl. The fourth-order valence-corrected chi connectivity index (χ4v) is 3.35. The van der Waals surface area contributed by atoms with E-state index >= 15 is 0 Å². The molecule has 1 heterocycles. The number of ether oxygens (including phenoxy) is 1. The lowest BCUT2D eigenvalue weighted by Gasteiger charge is -2.11. The Balaban J connectivity index is 1.55. The molecule has 2 aromatic carbocycles. The van der Waals surface area contributed by atoms with Crippen LogP contribution in [0.4, 0.5) is 0 Å². The number of pyridine rings is 1. The highest BCUT2D eigenvalue weighted by atomic mass is 35.5. The van der Waals surface area contributed by atoms with E-state index in [4.69, 9.17) is 16.3 Å². The Labute approximate surface area is 177 Å². The minimum absolute atomic E-state index is 0.250. The predicted octanol–water partition coefficient (Wildman–Crippen LogP) is 4.03. The van der Waals surface area contributed by atoms with E-state index in [9.17, 15) is 9.59 Å². The molecule has 0 bridgehead atoms. The third-order valence-corrected chi connectivity index (χ3v) is 5.24. The Morgan fingerprint density at radius 3 is 2.62 bits per heavy atom. The smallest absolute Gasteiger partial charge is 0.276 e. The maximum absolute atomic E-state index is 12.5. The molecule has 0 atom stereocenters. The standard InChI is InChI=1S/C21H18ClN3O3S/c1-14-12-15(9-10-18(14)22)28-13-19(26)24-25-20(27)17-8-5-11-23-21(17)29-16-6-3-2-4-7-16/h2-12H,13H2,1H3,(H,24,26)(H,25,27). The van der Waals surface area contributed by atoms with Crippen molar-refractivity contribution in [3.05, 3.63) is 83.0 Å². The number of halogens is 1. The predicted molar refractivity (Wildman–Crippen MR) is 112 cm³/mol. The summed E-state index contributed by atoms with van der Waals surface area (Å²) in [5, 5.41) is 1.16. The first-order valence-corrected chi connectivity index (χ1v) is 9.88. The molecule has 2 N–H and O–H groups in total. The highest BCUT2D eigenvalue weighted by Crippen LogP contribution is 2.28. The first-order valence-electron chi connectivity index (χ1n) is 8.69. The van der Waals surface area contributed by atoms with E-state index in [0.29, 0.717) is 21.4 Å². The molecule has 0 spiro atoms. The molecule has 0 unspecified atom stereocenters. The number of amides is 2. The summed E-state index contributed by atoms with van der Waals surface area (Å²) in [6.07, 6.45) is 1.61. The van der Waals surface area contributed by atoms with Gasteiger partial charge < -0.3 is 4.74 Å². The van der Waals surface area contributed by atoms with Crippen LogP contribution in [0.25, 0.3) is 0 Å². The molecule has 0 radical (unpaired) electrons. The fourth-order valence-electron chi connectivity index (χ4n) is 2.33. The molecule has 0 aliphatic heterocycles. The third-order valence-electron chi connectivity index (χ3n) is 3.79. The van der Waals surface area contributed by atoms with E-state index in [1.54, 1.807) is 36.5 Å². The summed E-state index contributed by atoms with van der Waals surface area (Å²) in [6, 6.07) is 18.0. The third kappa shape index (κ3) is 5.97. The number of carbonyl (C=O) groups is 2. The second-order valence-corrected chi connectivity index (χ2v) is 7.44. The average molecular weight is 428 g/mol. The summed E-state index contributed by atoms with van der Waals surface area (Å²) in [5.41, 5.74) is 5.93. The Bertz CT molecular complexity index is 1020. The van der Waals surface area contributed by atoms with Crippen LogP contribution in [0.3, 0.4) is 0 Å². The molecule has 0 aliphatic rings. The number of hydrogen-bond acceptors (Lipinski definition) is 5. The van der Waals surface area contributed by atoms with E-state index in [2.05, 4.69) is 15.8 Å². The van der Waals surface area contributed by atoms with Crippen molar-refractivity contribution in [2.45, 2.75) is 16.8 Å². The zero-order valence-corrected chi connectivity index (χ0v) is 17.1. The molecule has 0 aliphatic carbocycles. The van der Waals surface area contributed by atoms with E-state index < -0.39 is 11.8 Å². The van der Waals surface area contributed by atoms with Crippen LogP contribution in [0.15, 0.2) is 76.8 Å². The van der Waals surface area contributed by atoms with Crippen molar-refractivity contribution in [2.75, 3.05) is 6.61 Å². The monoisotopic (exact) mass is 427 g/mol. The van der Waals surface area contributed by atoms with Crippen LogP contribution in [0.2, 0.25) is 5.02 Å². The lowest BCUT2D eigenvalue weighted by Crippen LogP contribution is -2.44. The molecule has 0 saturated carbocycles. The molecular formula is C21H18ClN3O3S. The maximum atomic E-state index is 12.5. The van der Waals surface area contributed by atoms with Crippen molar-refractivity contribution in [3.8, 4) is 5.75 Å². The molecule has 3 aromatic rings. The summed E-state index contributed by atoms with van der Waals surface area (Å²) in [4.78, 5) is 29.7. The molecule has 1 aromatic heterocycles.